The molecule has 1 aromatic carbocycles. The van der Waals surface area contributed by atoms with Crippen LogP contribution in [0.5, 0.6) is 5.75 Å². The van der Waals surface area contributed by atoms with Crippen LogP contribution in [0.25, 0.3) is 0 Å². The van der Waals surface area contributed by atoms with E-state index in [9.17, 15) is 4.79 Å². The summed E-state index contributed by atoms with van der Waals surface area (Å²) in [5.41, 5.74) is 1.80. The zero-order chi connectivity index (χ0) is 16.8. The van der Waals surface area contributed by atoms with E-state index in [2.05, 4.69) is 29.7 Å². The predicted molar refractivity (Wildman–Crippen MR) is 88.4 cm³/mol. The minimum absolute atomic E-state index is 0.135. The molecule has 0 aliphatic heterocycles. The van der Waals surface area contributed by atoms with Crippen molar-refractivity contribution in [1.29, 1.82) is 0 Å². The molecule has 1 aromatic rings. The maximum Gasteiger partial charge on any atom is 0.407 e. The third-order valence-corrected chi connectivity index (χ3v) is 3.10. The van der Waals surface area contributed by atoms with Crippen molar-refractivity contribution in [2.75, 3.05) is 20.2 Å². The van der Waals surface area contributed by atoms with Gasteiger partial charge in [-0.2, -0.15) is 0 Å². The second-order valence-corrected chi connectivity index (χ2v) is 6.35. The Bertz CT molecular complexity index is 495. The molecule has 2 N–H and O–H groups in total. The first kappa shape index (κ1) is 18.3. The third kappa shape index (κ3) is 6.35. The van der Waals surface area contributed by atoms with Gasteiger partial charge >= 0.3 is 6.09 Å². The van der Waals surface area contributed by atoms with Gasteiger partial charge in [0.15, 0.2) is 0 Å². The lowest BCUT2D eigenvalue weighted by atomic mass is 10.0. The van der Waals surface area contributed by atoms with Gasteiger partial charge in [-0.05, 0) is 46.2 Å². The fourth-order valence-electron chi connectivity index (χ4n) is 2.05. The summed E-state index contributed by atoms with van der Waals surface area (Å²) in [6.07, 6.45) is -0.394. The van der Waals surface area contributed by atoms with Crippen LogP contribution in [0.4, 0.5) is 4.79 Å². The maximum atomic E-state index is 11.5. The average molecular weight is 308 g/mol. The topological polar surface area (TPSA) is 59.6 Å². The van der Waals surface area contributed by atoms with E-state index >= 15 is 0 Å². The third-order valence-electron chi connectivity index (χ3n) is 3.10. The lowest BCUT2D eigenvalue weighted by Crippen LogP contribution is -2.37. The van der Waals surface area contributed by atoms with Gasteiger partial charge in [-0.15, -0.1) is 0 Å². The zero-order valence-corrected chi connectivity index (χ0v) is 14.4. The molecule has 1 rings (SSSR count). The summed E-state index contributed by atoms with van der Waals surface area (Å²) in [5.74, 6) is 0.875. The van der Waals surface area contributed by atoms with Gasteiger partial charge in [-0.1, -0.05) is 12.1 Å². The summed E-state index contributed by atoms with van der Waals surface area (Å²) >= 11 is 0. The van der Waals surface area contributed by atoms with E-state index in [4.69, 9.17) is 9.47 Å². The number of hydrogen-bond acceptors (Lipinski definition) is 4. The standard InChI is InChI=1S/C17H28N2O3/c1-12-7-8-14(15(11-12)21-6)13(2)18-9-10-19-16(20)22-17(3,4)5/h7-8,11,13,18H,9-10H2,1-6H3,(H,19,20). The van der Waals surface area contributed by atoms with Crippen molar-refractivity contribution < 1.29 is 14.3 Å². The monoisotopic (exact) mass is 308 g/mol. The molecule has 0 saturated heterocycles. The Hall–Kier alpha value is -1.75. The van der Waals surface area contributed by atoms with Gasteiger partial charge in [0.25, 0.3) is 0 Å². The number of amides is 1. The number of carbonyl (C=O) groups is 1. The first-order valence-corrected chi connectivity index (χ1v) is 7.57. The van der Waals surface area contributed by atoms with E-state index in [1.54, 1.807) is 7.11 Å². The number of aryl methyl sites for hydroxylation is 1. The summed E-state index contributed by atoms with van der Waals surface area (Å²) in [5, 5.41) is 6.09. The van der Waals surface area contributed by atoms with Crippen LogP contribution in [0.3, 0.4) is 0 Å². The van der Waals surface area contributed by atoms with Crippen LogP contribution >= 0.6 is 0 Å². The number of benzene rings is 1. The number of hydrogen-bond donors (Lipinski definition) is 2. The van der Waals surface area contributed by atoms with Crippen molar-refractivity contribution in [3.8, 4) is 5.75 Å². The number of methoxy groups -OCH3 is 1. The van der Waals surface area contributed by atoms with Crippen LogP contribution in [-0.4, -0.2) is 31.9 Å². The lowest BCUT2D eigenvalue weighted by molar-refractivity contribution is 0.0528. The normalized spacial score (nSPS) is 12.6. The molecule has 1 amide bonds. The summed E-state index contributed by atoms with van der Waals surface area (Å²) in [7, 11) is 1.68. The van der Waals surface area contributed by atoms with Crippen molar-refractivity contribution >= 4 is 6.09 Å². The van der Waals surface area contributed by atoms with E-state index in [1.807, 2.05) is 33.8 Å². The Kier molecular flexibility index (Phi) is 6.68. The second kappa shape index (κ2) is 8.03. The number of alkyl carbamates (subject to hydrolysis) is 1. The summed E-state index contributed by atoms with van der Waals surface area (Å²) < 4.78 is 10.6. The highest BCUT2D eigenvalue weighted by molar-refractivity contribution is 5.67. The van der Waals surface area contributed by atoms with Crippen LogP contribution in [0, 0.1) is 6.92 Å². The molecule has 5 nitrogen and oxygen atoms in total. The number of nitrogens with one attached hydrogen (secondary N) is 2. The number of carbonyl (C=O) groups excluding carboxylic acids is 1. The SMILES string of the molecule is COc1cc(C)ccc1C(C)NCCNC(=O)OC(C)(C)C. The second-order valence-electron chi connectivity index (χ2n) is 6.35. The zero-order valence-electron chi connectivity index (χ0n) is 14.4. The first-order valence-electron chi connectivity index (χ1n) is 7.57. The minimum atomic E-state index is -0.472. The Morgan fingerprint density at radius 3 is 2.55 bits per heavy atom. The minimum Gasteiger partial charge on any atom is -0.496 e. The number of ether oxygens (including phenoxy) is 2. The Balaban J connectivity index is 2.41. The number of rotatable bonds is 6. The molecule has 0 heterocycles. The van der Waals surface area contributed by atoms with Gasteiger partial charge in [0, 0.05) is 24.7 Å². The van der Waals surface area contributed by atoms with Gasteiger partial charge in [-0.3, -0.25) is 0 Å². The average Bonchev–Trinajstić information content (AvgIpc) is 2.41. The fourth-order valence-corrected chi connectivity index (χ4v) is 2.05. The van der Waals surface area contributed by atoms with Gasteiger partial charge in [0.1, 0.15) is 11.4 Å². The van der Waals surface area contributed by atoms with E-state index in [0.717, 1.165) is 11.3 Å². The van der Waals surface area contributed by atoms with E-state index in [0.29, 0.717) is 13.1 Å². The molecule has 0 spiro atoms. The molecule has 0 aliphatic carbocycles. The van der Waals surface area contributed by atoms with E-state index < -0.39 is 11.7 Å². The van der Waals surface area contributed by atoms with Crippen molar-refractivity contribution in [2.24, 2.45) is 0 Å². The van der Waals surface area contributed by atoms with Crippen molar-refractivity contribution in [1.82, 2.24) is 10.6 Å². The highest BCUT2D eigenvalue weighted by Gasteiger charge is 2.16. The largest absolute Gasteiger partial charge is 0.496 e. The van der Waals surface area contributed by atoms with Crippen molar-refractivity contribution in [3.05, 3.63) is 29.3 Å². The first-order chi connectivity index (χ1) is 10.2. The van der Waals surface area contributed by atoms with Gasteiger partial charge in [0.05, 0.1) is 7.11 Å². The Labute approximate surface area is 133 Å². The van der Waals surface area contributed by atoms with Gasteiger partial charge in [-0.25, -0.2) is 4.79 Å². The van der Waals surface area contributed by atoms with Crippen LogP contribution in [-0.2, 0) is 4.74 Å². The van der Waals surface area contributed by atoms with E-state index in [1.165, 1.54) is 5.56 Å². The quantitative estimate of drug-likeness (QED) is 0.792. The van der Waals surface area contributed by atoms with Crippen molar-refractivity contribution in [2.45, 2.75) is 46.3 Å². The van der Waals surface area contributed by atoms with Crippen LogP contribution < -0.4 is 15.4 Å². The lowest BCUT2D eigenvalue weighted by Gasteiger charge is -2.20. The molecule has 0 aliphatic rings. The molecule has 0 aromatic heterocycles. The highest BCUT2D eigenvalue weighted by Crippen LogP contribution is 2.25. The van der Waals surface area contributed by atoms with Gasteiger partial charge < -0.3 is 20.1 Å². The maximum absolute atomic E-state index is 11.5. The molecule has 0 radical (unpaired) electrons. The molecular formula is C17H28N2O3. The highest BCUT2D eigenvalue weighted by atomic mass is 16.6. The molecule has 0 fully saturated rings. The van der Waals surface area contributed by atoms with E-state index in [-0.39, 0.29) is 6.04 Å². The molecule has 124 valence electrons. The molecule has 1 atom stereocenters. The summed E-state index contributed by atoms with van der Waals surface area (Å²) in [6, 6.07) is 6.28. The molecule has 0 saturated carbocycles. The Morgan fingerprint density at radius 2 is 1.95 bits per heavy atom. The fraction of sp³-hybridized carbons (Fsp3) is 0.588. The van der Waals surface area contributed by atoms with Crippen LogP contribution in [0.2, 0.25) is 0 Å². The predicted octanol–water partition coefficient (Wildman–Crippen LogP) is 3.18. The Morgan fingerprint density at radius 1 is 1.27 bits per heavy atom. The molecule has 0 bridgehead atoms. The van der Waals surface area contributed by atoms with Crippen molar-refractivity contribution in [3.63, 3.8) is 0 Å². The smallest absolute Gasteiger partial charge is 0.407 e. The molecule has 22 heavy (non-hydrogen) atoms. The van der Waals surface area contributed by atoms with Crippen LogP contribution in [0.15, 0.2) is 18.2 Å². The van der Waals surface area contributed by atoms with Crippen LogP contribution in [0.1, 0.15) is 44.9 Å². The summed E-state index contributed by atoms with van der Waals surface area (Å²) in [6.45, 7) is 10.8. The summed E-state index contributed by atoms with van der Waals surface area (Å²) in [4.78, 5) is 11.5. The molecule has 5 heteroatoms. The molecule has 1 unspecified atom stereocenters. The van der Waals surface area contributed by atoms with Gasteiger partial charge in [0.2, 0.25) is 0 Å². The molecular weight excluding hydrogens is 280 g/mol.